The summed E-state index contributed by atoms with van der Waals surface area (Å²) in [5, 5.41) is 16.0. The Bertz CT molecular complexity index is 1060. The molecule has 0 saturated heterocycles. The van der Waals surface area contributed by atoms with Crippen LogP contribution in [0.15, 0.2) is 36.4 Å². The van der Waals surface area contributed by atoms with Gasteiger partial charge >= 0.3 is 5.97 Å². The van der Waals surface area contributed by atoms with Crippen LogP contribution in [-0.4, -0.2) is 22.9 Å². The van der Waals surface area contributed by atoms with Crippen LogP contribution in [0.1, 0.15) is 52.0 Å². The van der Waals surface area contributed by atoms with Gasteiger partial charge in [-0.15, -0.1) is 11.3 Å². The number of thiophene rings is 1. The number of hydrogen-bond donors (Lipinski definition) is 3. The van der Waals surface area contributed by atoms with Crippen molar-refractivity contribution in [1.29, 1.82) is 0 Å². The van der Waals surface area contributed by atoms with Crippen molar-refractivity contribution in [3.63, 3.8) is 0 Å². The second-order valence-electron chi connectivity index (χ2n) is 8.17. The monoisotopic (exact) mass is 438 g/mol. The van der Waals surface area contributed by atoms with E-state index in [0.717, 1.165) is 47.4 Å². The van der Waals surface area contributed by atoms with Gasteiger partial charge in [0, 0.05) is 10.6 Å². The largest absolute Gasteiger partial charge is 0.481 e. The highest BCUT2D eigenvalue weighted by molar-refractivity contribution is 7.17. The number of carbonyl (C=O) groups is 3. The molecule has 0 spiro atoms. The van der Waals surface area contributed by atoms with E-state index in [1.807, 2.05) is 43.3 Å². The molecule has 0 fully saturated rings. The number of carboxylic acids is 1. The number of aliphatic carboxylic acids is 1. The summed E-state index contributed by atoms with van der Waals surface area (Å²) >= 11 is 1.45. The Morgan fingerprint density at radius 3 is 2.45 bits per heavy atom. The lowest BCUT2D eigenvalue weighted by atomic mass is 9.82. The number of allylic oxidation sites excluding steroid dienone is 2. The van der Waals surface area contributed by atoms with Crippen molar-refractivity contribution in [1.82, 2.24) is 0 Å². The van der Waals surface area contributed by atoms with E-state index >= 15 is 0 Å². The van der Waals surface area contributed by atoms with E-state index in [0.29, 0.717) is 23.4 Å². The van der Waals surface area contributed by atoms with Crippen LogP contribution in [0.5, 0.6) is 0 Å². The molecule has 7 heteroatoms. The second-order valence-corrected chi connectivity index (χ2v) is 9.27. The number of hydrogen-bond acceptors (Lipinski definition) is 4. The van der Waals surface area contributed by atoms with Crippen molar-refractivity contribution >= 4 is 39.8 Å². The maximum absolute atomic E-state index is 13.3. The second kappa shape index (κ2) is 9.06. The summed E-state index contributed by atoms with van der Waals surface area (Å²) in [4.78, 5) is 39.1. The summed E-state index contributed by atoms with van der Waals surface area (Å²) in [6, 6.07) is 7.58. The van der Waals surface area contributed by atoms with Gasteiger partial charge in [0.2, 0.25) is 5.91 Å². The van der Waals surface area contributed by atoms with Crippen LogP contribution in [0.2, 0.25) is 0 Å². The molecule has 1 aromatic carbocycles. The molecule has 2 aliphatic rings. The first kappa shape index (κ1) is 21.3. The topological polar surface area (TPSA) is 95.5 Å². The minimum absolute atomic E-state index is 0.234. The molecule has 1 heterocycles. The van der Waals surface area contributed by atoms with Gasteiger partial charge in [-0.05, 0) is 62.6 Å². The summed E-state index contributed by atoms with van der Waals surface area (Å²) < 4.78 is 0. The predicted molar refractivity (Wildman–Crippen MR) is 122 cm³/mol. The minimum atomic E-state index is -0.965. The van der Waals surface area contributed by atoms with Crippen LogP contribution < -0.4 is 10.6 Å². The zero-order chi connectivity index (χ0) is 22.0. The molecule has 2 aliphatic carbocycles. The van der Waals surface area contributed by atoms with E-state index in [2.05, 4.69) is 10.6 Å². The Labute approximate surface area is 185 Å². The van der Waals surface area contributed by atoms with Crippen molar-refractivity contribution in [3.8, 4) is 0 Å². The molecule has 0 radical (unpaired) electrons. The maximum Gasteiger partial charge on any atom is 0.307 e. The fourth-order valence-corrected chi connectivity index (χ4v) is 5.66. The molecule has 4 rings (SSSR count). The normalized spacial score (nSPS) is 20.0. The maximum atomic E-state index is 13.3. The molecule has 2 amide bonds. The molecule has 0 bridgehead atoms. The number of benzene rings is 1. The lowest BCUT2D eigenvalue weighted by Gasteiger charge is -2.24. The van der Waals surface area contributed by atoms with Gasteiger partial charge in [-0.25, -0.2) is 0 Å². The van der Waals surface area contributed by atoms with Crippen LogP contribution in [0.25, 0.3) is 0 Å². The number of fused-ring (bicyclic) bond motifs is 1. The Morgan fingerprint density at radius 1 is 1.00 bits per heavy atom. The molecule has 162 valence electrons. The zero-order valence-electron chi connectivity index (χ0n) is 17.4. The van der Waals surface area contributed by atoms with Gasteiger partial charge in [-0.1, -0.05) is 30.4 Å². The van der Waals surface area contributed by atoms with Gasteiger partial charge < -0.3 is 15.7 Å². The minimum Gasteiger partial charge on any atom is -0.481 e. The number of rotatable bonds is 5. The van der Waals surface area contributed by atoms with Crippen LogP contribution in [0.4, 0.5) is 10.7 Å². The summed E-state index contributed by atoms with van der Waals surface area (Å²) in [5.41, 5.74) is 3.23. The third-order valence-corrected chi connectivity index (χ3v) is 7.32. The number of para-hydroxylation sites is 1. The Kier molecular flexibility index (Phi) is 6.23. The number of amides is 2. The summed E-state index contributed by atoms with van der Waals surface area (Å²) in [6.07, 6.45) is 8.17. The molecule has 0 saturated carbocycles. The van der Waals surface area contributed by atoms with E-state index in [1.165, 1.54) is 11.3 Å². The summed E-state index contributed by atoms with van der Waals surface area (Å²) in [7, 11) is 0. The quantitative estimate of drug-likeness (QED) is 0.585. The summed E-state index contributed by atoms with van der Waals surface area (Å²) in [5.74, 6) is -2.92. The molecular formula is C24H26N2O4S. The Hall–Kier alpha value is -2.93. The fraction of sp³-hybridized carbons (Fsp3) is 0.375. The number of anilines is 2. The highest BCUT2D eigenvalue weighted by atomic mass is 32.1. The highest BCUT2D eigenvalue weighted by Crippen LogP contribution is 2.39. The molecular weight excluding hydrogens is 412 g/mol. The Morgan fingerprint density at radius 2 is 1.71 bits per heavy atom. The van der Waals surface area contributed by atoms with Gasteiger partial charge in [0.05, 0.1) is 17.4 Å². The molecule has 1 aromatic heterocycles. The van der Waals surface area contributed by atoms with Crippen LogP contribution in [0.3, 0.4) is 0 Å². The van der Waals surface area contributed by atoms with E-state index < -0.39 is 17.8 Å². The third-order valence-electron chi connectivity index (χ3n) is 6.11. The fourth-order valence-electron chi connectivity index (χ4n) is 4.37. The number of aryl methyl sites for hydroxylation is 2. The van der Waals surface area contributed by atoms with Crippen LogP contribution in [0, 0.1) is 18.8 Å². The van der Waals surface area contributed by atoms with Gasteiger partial charge in [0.25, 0.3) is 5.91 Å². The average molecular weight is 439 g/mol. The smallest absolute Gasteiger partial charge is 0.307 e. The van der Waals surface area contributed by atoms with Gasteiger partial charge in [0.1, 0.15) is 5.00 Å². The number of carbonyl (C=O) groups excluding carboxylic acids is 2. The van der Waals surface area contributed by atoms with E-state index in [9.17, 15) is 19.5 Å². The van der Waals surface area contributed by atoms with Gasteiger partial charge in [-0.3, -0.25) is 14.4 Å². The van der Waals surface area contributed by atoms with Gasteiger partial charge in [0.15, 0.2) is 0 Å². The van der Waals surface area contributed by atoms with Crippen LogP contribution in [-0.2, 0) is 22.4 Å². The molecule has 2 unspecified atom stereocenters. The highest BCUT2D eigenvalue weighted by Gasteiger charge is 2.35. The number of carboxylic acid groups (broad SMARTS) is 1. The van der Waals surface area contributed by atoms with Crippen molar-refractivity contribution in [2.75, 3.05) is 10.6 Å². The van der Waals surface area contributed by atoms with E-state index in [4.69, 9.17) is 0 Å². The lowest BCUT2D eigenvalue weighted by Crippen LogP contribution is -2.35. The van der Waals surface area contributed by atoms with Crippen LogP contribution >= 0.6 is 11.3 Å². The molecule has 31 heavy (non-hydrogen) atoms. The molecule has 3 N–H and O–H groups in total. The average Bonchev–Trinajstić information content (AvgIpc) is 3.13. The van der Waals surface area contributed by atoms with Crippen molar-refractivity contribution in [3.05, 3.63) is 58.0 Å². The summed E-state index contributed by atoms with van der Waals surface area (Å²) in [6.45, 7) is 1.93. The first-order chi connectivity index (χ1) is 15.0. The zero-order valence-corrected chi connectivity index (χ0v) is 18.3. The third kappa shape index (κ3) is 4.42. The predicted octanol–water partition coefficient (Wildman–Crippen LogP) is 4.79. The van der Waals surface area contributed by atoms with E-state index in [-0.39, 0.29) is 11.8 Å². The molecule has 2 atom stereocenters. The number of nitrogens with one attached hydrogen (secondary N) is 2. The van der Waals surface area contributed by atoms with Gasteiger partial charge in [-0.2, -0.15) is 0 Å². The van der Waals surface area contributed by atoms with Crippen molar-refractivity contribution < 1.29 is 19.5 Å². The SMILES string of the molecule is Cc1ccccc1NC(=O)c1c(NC(=O)C2CC=CCC2C(=O)O)sc2c1CCCC2. The standard InChI is InChI=1S/C24H26N2O4S/c1-14-8-2-6-12-18(14)25-22(28)20-17-11-5-7-13-19(17)31-23(20)26-21(27)15-9-3-4-10-16(15)24(29)30/h2-4,6,8,12,15-16H,5,7,9-11,13H2,1H3,(H,25,28)(H,26,27)(H,29,30). The lowest BCUT2D eigenvalue weighted by molar-refractivity contribution is -0.146. The molecule has 6 nitrogen and oxygen atoms in total. The molecule has 0 aliphatic heterocycles. The first-order valence-electron chi connectivity index (χ1n) is 10.7. The van der Waals surface area contributed by atoms with Crippen molar-refractivity contribution in [2.24, 2.45) is 11.8 Å². The first-order valence-corrected chi connectivity index (χ1v) is 11.5. The Balaban J connectivity index is 1.63. The van der Waals surface area contributed by atoms with Crippen molar-refractivity contribution in [2.45, 2.75) is 45.4 Å². The molecule has 2 aromatic rings. The van der Waals surface area contributed by atoms with E-state index in [1.54, 1.807) is 0 Å².